The Morgan fingerprint density at radius 1 is 1.69 bits per heavy atom. The standard InChI is InChI=1S/C8H12O5/c1-2-3-7(9)11-4-6-5-12-8(10)13-6/h6H,2-5H2,1H3. The number of ether oxygens (including phenoxy) is 3. The Kier molecular flexibility index (Phi) is 3.54. The molecule has 0 bridgehead atoms. The highest BCUT2D eigenvalue weighted by Crippen LogP contribution is 2.06. The highest BCUT2D eigenvalue weighted by atomic mass is 16.8. The highest BCUT2D eigenvalue weighted by molar-refractivity contribution is 5.69. The zero-order valence-corrected chi connectivity index (χ0v) is 7.45. The van der Waals surface area contributed by atoms with Crippen LogP contribution in [0.15, 0.2) is 0 Å². The predicted molar refractivity (Wildman–Crippen MR) is 42.1 cm³/mol. The number of carbonyl (C=O) groups excluding carboxylic acids is 2. The van der Waals surface area contributed by atoms with E-state index in [0.717, 1.165) is 6.42 Å². The van der Waals surface area contributed by atoms with Crippen molar-refractivity contribution in [3.8, 4) is 0 Å². The van der Waals surface area contributed by atoms with Gasteiger partial charge in [-0.05, 0) is 6.42 Å². The molecule has 5 nitrogen and oxygen atoms in total. The van der Waals surface area contributed by atoms with Gasteiger partial charge in [-0.15, -0.1) is 0 Å². The number of rotatable bonds is 4. The largest absolute Gasteiger partial charge is 0.508 e. The van der Waals surface area contributed by atoms with E-state index in [0.29, 0.717) is 6.42 Å². The molecule has 1 aliphatic heterocycles. The lowest BCUT2D eigenvalue weighted by molar-refractivity contribution is -0.146. The summed E-state index contributed by atoms with van der Waals surface area (Å²) < 4.78 is 14.0. The molecular formula is C8H12O5. The van der Waals surface area contributed by atoms with Gasteiger partial charge in [0.05, 0.1) is 0 Å². The quantitative estimate of drug-likeness (QED) is 0.612. The number of hydrogen-bond donors (Lipinski definition) is 0. The van der Waals surface area contributed by atoms with Crippen molar-refractivity contribution in [3.05, 3.63) is 0 Å². The monoisotopic (exact) mass is 188 g/mol. The summed E-state index contributed by atoms with van der Waals surface area (Å²) in [6.45, 7) is 2.14. The van der Waals surface area contributed by atoms with Gasteiger partial charge in [-0.3, -0.25) is 4.79 Å². The van der Waals surface area contributed by atoms with E-state index in [1.807, 2.05) is 6.92 Å². The molecule has 0 N–H and O–H groups in total. The minimum Gasteiger partial charge on any atom is -0.462 e. The fourth-order valence-electron chi connectivity index (χ4n) is 0.909. The van der Waals surface area contributed by atoms with Gasteiger partial charge in [-0.1, -0.05) is 6.92 Å². The maximum absolute atomic E-state index is 10.9. The van der Waals surface area contributed by atoms with E-state index in [2.05, 4.69) is 9.47 Å². The van der Waals surface area contributed by atoms with Crippen LogP contribution < -0.4 is 0 Å². The first-order valence-corrected chi connectivity index (χ1v) is 4.21. The smallest absolute Gasteiger partial charge is 0.462 e. The van der Waals surface area contributed by atoms with Gasteiger partial charge in [-0.2, -0.15) is 0 Å². The third-order valence-corrected chi connectivity index (χ3v) is 1.53. The maximum atomic E-state index is 10.9. The predicted octanol–water partition coefficient (Wildman–Crippen LogP) is 0.865. The average Bonchev–Trinajstić information content (AvgIpc) is 2.49. The van der Waals surface area contributed by atoms with Crippen molar-refractivity contribution in [1.29, 1.82) is 0 Å². The second kappa shape index (κ2) is 4.69. The summed E-state index contributed by atoms with van der Waals surface area (Å²) in [5.74, 6) is -0.273. The molecule has 0 aromatic heterocycles. The lowest BCUT2D eigenvalue weighted by Crippen LogP contribution is -2.20. The van der Waals surface area contributed by atoms with E-state index < -0.39 is 12.3 Å². The van der Waals surface area contributed by atoms with Gasteiger partial charge in [0.2, 0.25) is 0 Å². The van der Waals surface area contributed by atoms with Gasteiger partial charge in [0, 0.05) is 6.42 Å². The number of cyclic esters (lactones) is 2. The van der Waals surface area contributed by atoms with Gasteiger partial charge in [-0.25, -0.2) is 4.79 Å². The molecule has 1 aliphatic rings. The zero-order valence-electron chi connectivity index (χ0n) is 7.45. The van der Waals surface area contributed by atoms with Crippen LogP contribution in [0.25, 0.3) is 0 Å². The first-order valence-electron chi connectivity index (χ1n) is 4.21. The van der Waals surface area contributed by atoms with Crippen molar-refractivity contribution >= 4 is 12.1 Å². The molecule has 0 aliphatic carbocycles. The molecule has 0 spiro atoms. The summed E-state index contributed by atoms with van der Waals surface area (Å²) in [6.07, 6.45) is 0.00579. The summed E-state index contributed by atoms with van der Waals surface area (Å²) in [4.78, 5) is 21.3. The molecule has 0 amide bonds. The Balaban J connectivity index is 2.12. The van der Waals surface area contributed by atoms with Crippen molar-refractivity contribution in [2.45, 2.75) is 25.9 Å². The first kappa shape index (κ1) is 9.83. The lowest BCUT2D eigenvalue weighted by atomic mass is 10.3. The Morgan fingerprint density at radius 3 is 3.00 bits per heavy atom. The van der Waals surface area contributed by atoms with Crippen LogP contribution in [0.4, 0.5) is 4.79 Å². The van der Waals surface area contributed by atoms with E-state index in [9.17, 15) is 9.59 Å². The number of esters is 1. The summed E-state index contributed by atoms with van der Waals surface area (Å²) in [6, 6.07) is 0. The number of hydrogen-bond acceptors (Lipinski definition) is 5. The van der Waals surface area contributed by atoms with E-state index in [-0.39, 0.29) is 19.2 Å². The topological polar surface area (TPSA) is 61.8 Å². The van der Waals surface area contributed by atoms with Gasteiger partial charge in [0.25, 0.3) is 0 Å². The molecule has 1 fully saturated rings. The molecule has 1 saturated heterocycles. The minimum atomic E-state index is -0.698. The second-order valence-electron chi connectivity index (χ2n) is 2.73. The maximum Gasteiger partial charge on any atom is 0.508 e. The average molecular weight is 188 g/mol. The van der Waals surface area contributed by atoms with E-state index in [4.69, 9.17) is 4.74 Å². The SMILES string of the molecule is CCCC(=O)OCC1COC(=O)O1. The molecule has 74 valence electrons. The molecule has 0 radical (unpaired) electrons. The first-order chi connectivity index (χ1) is 6.22. The van der Waals surface area contributed by atoms with E-state index >= 15 is 0 Å². The van der Waals surface area contributed by atoms with Crippen LogP contribution in [0.5, 0.6) is 0 Å². The fourth-order valence-corrected chi connectivity index (χ4v) is 0.909. The van der Waals surface area contributed by atoms with Crippen LogP contribution in [-0.2, 0) is 19.0 Å². The van der Waals surface area contributed by atoms with Crippen molar-refractivity contribution in [1.82, 2.24) is 0 Å². The summed E-state index contributed by atoms with van der Waals surface area (Å²) in [5, 5.41) is 0. The number of carbonyl (C=O) groups is 2. The minimum absolute atomic E-state index is 0.0879. The molecule has 0 aromatic carbocycles. The Labute approximate surface area is 76.0 Å². The van der Waals surface area contributed by atoms with Crippen LogP contribution in [0.1, 0.15) is 19.8 Å². The fraction of sp³-hybridized carbons (Fsp3) is 0.750. The molecule has 13 heavy (non-hydrogen) atoms. The van der Waals surface area contributed by atoms with Crippen LogP contribution in [0.2, 0.25) is 0 Å². The van der Waals surface area contributed by atoms with Crippen molar-refractivity contribution < 1.29 is 23.8 Å². The molecule has 0 saturated carbocycles. The van der Waals surface area contributed by atoms with E-state index in [1.165, 1.54) is 0 Å². The third-order valence-electron chi connectivity index (χ3n) is 1.53. The van der Waals surface area contributed by atoms with Crippen LogP contribution in [0.3, 0.4) is 0 Å². The third kappa shape index (κ3) is 3.31. The molecule has 1 unspecified atom stereocenters. The summed E-state index contributed by atoms with van der Waals surface area (Å²) >= 11 is 0. The lowest BCUT2D eigenvalue weighted by Gasteiger charge is -2.06. The van der Waals surface area contributed by atoms with E-state index in [1.54, 1.807) is 0 Å². The molecule has 1 heterocycles. The van der Waals surface area contributed by atoms with Gasteiger partial charge in [0.15, 0.2) is 6.10 Å². The Bertz CT molecular complexity index is 201. The van der Waals surface area contributed by atoms with Crippen LogP contribution >= 0.6 is 0 Å². The zero-order chi connectivity index (χ0) is 9.68. The van der Waals surface area contributed by atoms with Gasteiger partial charge >= 0.3 is 12.1 Å². The Morgan fingerprint density at radius 2 is 2.46 bits per heavy atom. The van der Waals surface area contributed by atoms with Crippen molar-refractivity contribution in [3.63, 3.8) is 0 Å². The van der Waals surface area contributed by atoms with Crippen molar-refractivity contribution in [2.75, 3.05) is 13.2 Å². The molecule has 5 heteroatoms. The Hall–Kier alpha value is -1.26. The summed E-state index contributed by atoms with van der Waals surface area (Å²) in [7, 11) is 0. The second-order valence-corrected chi connectivity index (χ2v) is 2.73. The normalized spacial score (nSPS) is 20.7. The van der Waals surface area contributed by atoms with Crippen LogP contribution in [-0.4, -0.2) is 31.4 Å². The molecular weight excluding hydrogens is 176 g/mol. The van der Waals surface area contributed by atoms with Crippen molar-refractivity contribution in [2.24, 2.45) is 0 Å². The molecule has 1 rings (SSSR count). The van der Waals surface area contributed by atoms with Crippen LogP contribution in [0, 0.1) is 0 Å². The molecule has 1 atom stereocenters. The van der Waals surface area contributed by atoms with Gasteiger partial charge < -0.3 is 14.2 Å². The summed E-state index contributed by atoms with van der Waals surface area (Å²) in [5.41, 5.74) is 0. The highest BCUT2D eigenvalue weighted by Gasteiger charge is 2.25. The van der Waals surface area contributed by atoms with Gasteiger partial charge in [0.1, 0.15) is 13.2 Å². The molecule has 0 aromatic rings.